The molecule has 0 saturated heterocycles. The Bertz CT molecular complexity index is 113. The summed E-state index contributed by atoms with van der Waals surface area (Å²) >= 11 is 0. The van der Waals surface area contributed by atoms with E-state index >= 15 is 0 Å². The molecule has 0 radical (unpaired) electrons. The number of carbonyl (C=O) groups excluding carboxylic acids is 1. The Balaban J connectivity index is 3.40. The zero-order valence-electron chi connectivity index (χ0n) is 6.62. The van der Waals surface area contributed by atoms with Gasteiger partial charge < -0.3 is 14.9 Å². The average molecular weight is 162 g/mol. The third kappa shape index (κ3) is 5.82. The zero-order chi connectivity index (χ0) is 8.69. The fourth-order valence-electron chi connectivity index (χ4n) is 0.584. The molecule has 0 heterocycles. The fourth-order valence-corrected chi connectivity index (χ4v) is 0.584. The van der Waals surface area contributed by atoms with Crippen molar-refractivity contribution >= 4 is 5.97 Å². The van der Waals surface area contributed by atoms with Crippen LogP contribution in [0.5, 0.6) is 0 Å². The minimum absolute atomic E-state index is 0.0788. The normalized spacial score (nSPS) is 12.6. The monoisotopic (exact) mass is 162 g/mol. The van der Waals surface area contributed by atoms with E-state index in [2.05, 4.69) is 4.74 Å². The number of rotatable bonds is 5. The molecule has 4 nitrogen and oxygen atoms in total. The maximum Gasteiger partial charge on any atom is 0.308 e. The zero-order valence-corrected chi connectivity index (χ0v) is 6.62. The van der Waals surface area contributed by atoms with Gasteiger partial charge in [-0.05, 0) is 6.42 Å². The van der Waals surface area contributed by atoms with Gasteiger partial charge in [0.2, 0.25) is 6.29 Å². The third-order valence-corrected chi connectivity index (χ3v) is 1.10. The first-order chi connectivity index (χ1) is 5.20. The number of ether oxygens (including phenoxy) is 1. The fraction of sp³-hybridized carbons (Fsp3) is 0.857. The smallest absolute Gasteiger partial charge is 0.308 e. The van der Waals surface area contributed by atoms with Crippen LogP contribution in [0.3, 0.4) is 0 Å². The standard InChI is InChI=1S/C7H14O4/c1-2-3-6(9)11-7(10)4-5-8/h7-8,10H,2-5H2,1H3. The van der Waals surface area contributed by atoms with Gasteiger partial charge in [0.15, 0.2) is 0 Å². The van der Waals surface area contributed by atoms with Gasteiger partial charge in [0, 0.05) is 19.4 Å². The molecule has 0 aromatic carbocycles. The lowest BCUT2D eigenvalue weighted by Crippen LogP contribution is -2.18. The van der Waals surface area contributed by atoms with E-state index in [1.54, 1.807) is 0 Å². The second-order valence-corrected chi connectivity index (χ2v) is 2.21. The maximum atomic E-state index is 10.7. The van der Waals surface area contributed by atoms with Gasteiger partial charge in [-0.25, -0.2) is 0 Å². The first-order valence-electron chi connectivity index (χ1n) is 3.69. The van der Waals surface area contributed by atoms with Crippen molar-refractivity contribution < 1.29 is 19.7 Å². The highest BCUT2D eigenvalue weighted by atomic mass is 16.6. The van der Waals surface area contributed by atoms with Crippen molar-refractivity contribution in [2.75, 3.05) is 6.61 Å². The topological polar surface area (TPSA) is 66.8 Å². The van der Waals surface area contributed by atoms with E-state index in [4.69, 9.17) is 10.2 Å². The molecule has 0 fully saturated rings. The number of esters is 1. The van der Waals surface area contributed by atoms with Gasteiger partial charge in [-0.1, -0.05) is 6.92 Å². The molecule has 0 aromatic heterocycles. The molecule has 0 aliphatic carbocycles. The molecule has 1 unspecified atom stereocenters. The third-order valence-electron chi connectivity index (χ3n) is 1.10. The van der Waals surface area contributed by atoms with Gasteiger partial charge in [0.05, 0.1) is 0 Å². The van der Waals surface area contributed by atoms with Gasteiger partial charge in [0.25, 0.3) is 0 Å². The first-order valence-corrected chi connectivity index (χ1v) is 3.69. The molecule has 0 aliphatic heterocycles. The number of aliphatic hydroxyl groups is 2. The Morgan fingerprint density at radius 2 is 2.27 bits per heavy atom. The SMILES string of the molecule is CCCC(=O)OC(O)CCO. The number of hydrogen-bond acceptors (Lipinski definition) is 4. The van der Waals surface area contributed by atoms with Crippen LogP contribution in [0.2, 0.25) is 0 Å². The summed E-state index contributed by atoms with van der Waals surface area (Å²) in [4.78, 5) is 10.7. The summed E-state index contributed by atoms with van der Waals surface area (Å²) in [6.07, 6.45) is -0.0677. The summed E-state index contributed by atoms with van der Waals surface area (Å²) in [5, 5.41) is 17.2. The molecule has 2 N–H and O–H groups in total. The van der Waals surface area contributed by atoms with E-state index in [1.807, 2.05) is 6.92 Å². The molecule has 0 saturated carbocycles. The average Bonchev–Trinajstić information content (AvgIpc) is 1.87. The van der Waals surface area contributed by atoms with Crippen molar-refractivity contribution in [3.05, 3.63) is 0 Å². The van der Waals surface area contributed by atoms with E-state index in [0.717, 1.165) is 0 Å². The number of aliphatic hydroxyl groups excluding tert-OH is 2. The van der Waals surface area contributed by atoms with Crippen molar-refractivity contribution in [2.45, 2.75) is 32.5 Å². The van der Waals surface area contributed by atoms with Crippen LogP contribution in [0.4, 0.5) is 0 Å². The second-order valence-electron chi connectivity index (χ2n) is 2.21. The Morgan fingerprint density at radius 1 is 1.64 bits per heavy atom. The van der Waals surface area contributed by atoms with Crippen LogP contribution in [0.1, 0.15) is 26.2 Å². The molecule has 1 atom stereocenters. The summed E-state index contributed by atoms with van der Waals surface area (Å²) in [6.45, 7) is 1.67. The summed E-state index contributed by atoms with van der Waals surface area (Å²) in [7, 11) is 0. The maximum absolute atomic E-state index is 10.7. The molecule has 11 heavy (non-hydrogen) atoms. The van der Waals surface area contributed by atoms with E-state index in [9.17, 15) is 4.79 Å². The van der Waals surface area contributed by atoms with Crippen molar-refractivity contribution in [1.29, 1.82) is 0 Å². The van der Waals surface area contributed by atoms with Gasteiger partial charge in [-0.15, -0.1) is 0 Å². The Morgan fingerprint density at radius 3 is 2.73 bits per heavy atom. The molecule has 0 bridgehead atoms. The Kier molecular flexibility index (Phi) is 5.78. The van der Waals surface area contributed by atoms with Crippen molar-refractivity contribution in [2.24, 2.45) is 0 Å². The van der Waals surface area contributed by atoms with Crippen LogP contribution in [0.15, 0.2) is 0 Å². The van der Waals surface area contributed by atoms with Crippen LogP contribution < -0.4 is 0 Å². The first kappa shape index (κ1) is 10.4. The summed E-state index contributed by atoms with van der Waals surface area (Å²) in [5.41, 5.74) is 0. The highest BCUT2D eigenvalue weighted by Crippen LogP contribution is 1.97. The van der Waals surface area contributed by atoms with Crippen LogP contribution in [-0.4, -0.2) is 29.1 Å². The van der Waals surface area contributed by atoms with Crippen LogP contribution in [-0.2, 0) is 9.53 Å². The van der Waals surface area contributed by atoms with Crippen molar-refractivity contribution in [1.82, 2.24) is 0 Å². The van der Waals surface area contributed by atoms with Crippen molar-refractivity contribution in [3.63, 3.8) is 0 Å². The van der Waals surface area contributed by atoms with Gasteiger partial charge in [0.1, 0.15) is 0 Å². The summed E-state index contributed by atoms with van der Waals surface area (Å²) in [5.74, 6) is -0.423. The van der Waals surface area contributed by atoms with Gasteiger partial charge in [-0.3, -0.25) is 4.79 Å². The van der Waals surface area contributed by atoms with Gasteiger partial charge >= 0.3 is 5.97 Å². The van der Waals surface area contributed by atoms with Crippen LogP contribution >= 0.6 is 0 Å². The van der Waals surface area contributed by atoms with Crippen LogP contribution in [0, 0.1) is 0 Å². The van der Waals surface area contributed by atoms with Crippen molar-refractivity contribution in [3.8, 4) is 0 Å². The van der Waals surface area contributed by atoms with E-state index in [-0.39, 0.29) is 13.0 Å². The molecule has 66 valence electrons. The molecule has 0 aromatic rings. The van der Waals surface area contributed by atoms with Crippen LogP contribution in [0.25, 0.3) is 0 Å². The van der Waals surface area contributed by atoms with E-state index in [0.29, 0.717) is 12.8 Å². The van der Waals surface area contributed by atoms with E-state index in [1.165, 1.54) is 0 Å². The van der Waals surface area contributed by atoms with Gasteiger partial charge in [-0.2, -0.15) is 0 Å². The lowest BCUT2D eigenvalue weighted by molar-refractivity contribution is -0.169. The molecule has 0 rings (SSSR count). The molecular formula is C7H14O4. The molecule has 0 aliphatic rings. The Hall–Kier alpha value is -0.610. The second kappa shape index (κ2) is 6.12. The minimum atomic E-state index is -1.15. The highest BCUT2D eigenvalue weighted by molar-refractivity contribution is 5.69. The number of carbonyl (C=O) groups is 1. The lowest BCUT2D eigenvalue weighted by atomic mass is 10.3. The molecule has 0 spiro atoms. The quantitative estimate of drug-likeness (QED) is 0.442. The predicted octanol–water partition coefficient (Wildman–Crippen LogP) is 0.0305. The summed E-state index contributed by atoms with van der Waals surface area (Å²) < 4.78 is 4.49. The molecule has 4 heteroatoms. The van der Waals surface area contributed by atoms with E-state index < -0.39 is 12.3 Å². The highest BCUT2D eigenvalue weighted by Gasteiger charge is 2.08. The minimum Gasteiger partial charge on any atom is -0.436 e. The number of hydrogen-bond donors (Lipinski definition) is 2. The Labute approximate surface area is 65.8 Å². The largest absolute Gasteiger partial charge is 0.436 e. The molecule has 0 amide bonds. The summed E-state index contributed by atoms with van der Waals surface area (Å²) in [6, 6.07) is 0. The molecular weight excluding hydrogens is 148 g/mol. The lowest BCUT2D eigenvalue weighted by Gasteiger charge is -2.09. The predicted molar refractivity (Wildman–Crippen MR) is 38.7 cm³/mol.